The van der Waals surface area contributed by atoms with Crippen molar-refractivity contribution in [3.63, 3.8) is 0 Å². The Morgan fingerprint density at radius 1 is 1.41 bits per heavy atom. The summed E-state index contributed by atoms with van der Waals surface area (Å²) in [7, 11) is 2.03. The highest BCUT2D eigenvalue weighted by Crippen LogP contribution is 2.15. The van der Waals surface area contributed by atoms with Crippen molar-refractivity contribution in [3.05, 3.63) is 34.8 Å². The van der Waals surface area contributed by atoms with Crippen LogP contribution in [0, 0.1) is 0 Å². The first-order valence-corrected chi connectivity index (χ1v) is 6.53. The molecule has 0 bridgehead atoms. The van der Waals surface area contributed by atoms with Crippen LogP contribution in [-0.2, 0) is 6.54 Å². The lowest BCUT2D eigenvalue weighted by Crippen LogP contribution is -2.18. The molecule has 0 aliphatic rings. The van der Waals surface area contributed by atoms with Gasteiger partial charge in [-0.25, -0.2) is 9.97 Å². The summed E-state index contributed by atoms with van der Waals surface area (Å²) in [5.74, 6) is 1.87. The molecule has 0 aliphatic carbocycles. The van der Waals surface area contributed by atoms with Gasteiger partial charge in [-0.3, -0.25) is 0 Å². The van der Waals surface area contributed by atoms with Gasteiger partial charge in [0, 0.05) is 19.0 Å². The van der Waals surface area contributed by atoms with E-state index >= 15 is 0 Å². The van der Waals surface area contributed by atoms with E-state index in [1.54, 1.807) is 11.3 Å². The Balaban J connectivity index is 2.07. The Morgan fingerprint density at radius 2 is 2.29 bits per heavy atom. The summed E-state index contributed by atoms with van der Waals surface area (Å²) < 4.78 is 0. The molecule has 2 aromatic rings. The van der Waals surface area contributed by atoms with Gasteiger partial charge in [0.1, 0.15) is 11.6 Å². The predicted octanol–water partition coefficient (Wildman–Crippen LogP) is 2.61. The normalized spacial score (nSPS) is 10.2. The van der Waals surface area contributed by atoms with E-state index in [4.69, 9.17) is 0 Å². The van der Waals surface area contributed by atoms with Crippen LogP contribution in [0.15, 0.2) is 29.1 Å². The number of rotatable bonds is 5. The third kappa shape index (κ3) is 3.17. The lowest BCUT2D eigenvalue weighted by molar-refractivity contribution is 0.874. The molecule has 17 heavy (non-hydrogen) atoms. The van der Waals surface area contributed by atoms with Gasteiger partial charge in [0.2, 0.25) is 0 Å². The van der Waals surface area contributed by atoms with Crippen LogP contribution < -0.4 is 10.2 Å². The number of thiazole rings is 1. The number of nitrogens with zero attached hydrogens (tertiary/aromatic N) is 3. The van der Waals surface area contributed by atoms with Crippen molar-refractivity contribution in [2.75, 3.05) is 23.8 Å². The van der Waals surface area contributed by atoms with Crippen molar-refractivity contribution >= 4 is 23.0 Å². The highest BCUT2D eigenvalue weighted by molar-refractivity contribution is 7.07. The van der Waals surface area contributed by atoms with Gasteiger partial charge >= 0.3 is 0 Å². The molecule has 0 aromatic carbocycles. The summed E-state index contributed by atoms with van der Waals surface area (Å²) in [6.45, 7) is 3.73. The molecule has 0 amide bonds. The molecule has 0 fully saturated rings. The number of anilines is 2. The first-order chi connectivity index (χ1) is 8.29. The van der Waals surface area contributed by atoms with Crippen molar-refractivity contribution in [3.8, 4) is 0 Å². The number of hydrogen-bond donors (Lipinski definition) is 1. The van der Waals surface area contributed by atoms with Crippen molar-refractivity contribution in [1.82, 2.24) is 9.97 Å². The molecule has 4 nitrogen and oxygen atoms in total. The monoisotopic (exact) mass is 248 g/mol. The van der Waals surface area contributed by atoms with Crippen LogP contribution in [0.1, 0.15) is 12.6 Å². The summed E-state index contributed by atoms with van der Waals surface area (Å²) in [6, 6.07) is 5.99. The van der Waals surface area contributed by atoms with E-state index in [1.165, 1.54) is 0 Å². The second-order valence-corrected chi connectivity index (χ2v) is 4.47. The number of pyridine rings is 1. The Morgan fingerprint density at radius 3 is 3.00 bits per heavy atom. The second-order valence-electron chi connectivity index (χ2n) is 3.75. The van der Waals surface area contributed by atoms with Crippen molar-refractivity contribution in [2.45, 2.75) is 13.5 Å². The molecule has 0 radical (unpaired) electrons. The van der Waals surface area contributed by atoms with Crippen molar-refractivity contribution in [2.24, 2.45) is 0 Å². The van der Waals surface area contributed by atoms with Crippen LogP contribution in [0.4, 0.5) is 11.6 Å². The molecular formula is C12H16N4S. The van der Waals surface area contributed by atoms with Gasteiger partial charge in [-0.2, -0.15) is 0 Å². The minimum absolute atomic E-state index is 0.784. The highest BCUT2D eigenvalue weighted by atomic mass is 32.1. The first-order valence-electron chi connectivity index (χ1n) is 5.58. The quantitative estimate of drug-likeness (QED) is 0.883. The average Bonchev–Trinajstić information content (AvgIpc) is 2.83. The molecule has 0 unspecified atom stereocenters. The molecule has 2 aromatic heterocycles. The zero-order valence-corrected chi connectivity index (χ0v) is 10.9. The van der Waals surface area contributed by atoms with Crippen LogP contribution in [0.25, 0.3) is 0 Å². The maximum Gasteiger partial charge on any atom is 0.131 e. The van der Waals surface area contributed by atoms with E-state index in [0.29, 0.717) is 0 Å². The topological polar surface area (TPSA) is 41.0 Å². The summed E-state index contributed by atoms with van der Waals surface area (Å²) in [6.07, 6.45) is 0. The smallest absolute Gasteiger partial charge is 0.131 e. The third-order valence-corrected chi connectivity index (χ3v) is 3.00. The fraction of sp³-hybridized carbons (Fsp3) is 0.333. The maximum absolute atomic E-state index is 4.53. The van der Waals surface area contributed by atoms with Gasteiger partial charge in [-0.15, -0.1) is 11.3 Å². The van der Waals surface area contributed by atoms with E-state index in [1.807, 2.05) is 30.8 Å². The van der Waals surface area contributed by atoms with Gasteiger partial charge < -0.3 is 10.2 Å². The largest absolute Gasteiger partial charge is 0.370 e. The molecule has 2 heterocycles. The summed E-state index contributed by atoms with van der Waals surface area (Å²) in [5, 5.41) is 5.27. The molecule has 0 atom stereocenters. The van der Waals surface area contributed by atoms with E-state index in [9.17, 15) is 0 Å². The van der Waals surface area contributed by atoms with E-state index in [-0.39, 0.29) is 0 Å². The molecule has 2 rings (SSSR count). The van der Waals surface area contributed by atoms with Crippen LogP contribution in [0.2, 0.25) is 0 Å². The fourth-order valence-corrected chi connectivity index (χ4v) is 2.10. The minimum Gasteiger partial charge on any atom is -0.370 e. The van der Waals surface area contributed by atoms with Crippen LogP contribution in [-0.4, -0.2) is 23.6 Å². The van der Waals surface area contributed by atoms with Crippen LogP contribution in [0.5, 0.6) is 0 Å². The summed E-state index contributed by atoms with van der Waals surface area (Å²) in [5.41, 5.74) is 2.93. The molecule has 0 saturated heterocycles. The maximum atomic E-state index is 4.53. The van der Waals surface area contributed by atoms with Crippen LogP contribution >= 0.6 is 11.3 Å². The fourth-order valence-electron chi connectivity index (χ4n) is 1.56. The highest BCUT2D eigenvalue weighted by Gasteiger charge is 2.05. The molecule has 90 valence electrons. The van der Waals surface area contributed by atoms with Gasteiger partial charge in [0.15, 0.2) is 0 Å². The number of nitrogens with one attached hydrogen (secondary N) is 1. The van der Waals surface area contributed by atoms with Crippen molar-refractivity contribution < 1.29 is 0 Å². The van der Waals surface area contributed by atoms with Gasteiger partial charge in [-0.1, -0.05) is 6.07 Å². The Bertz CT molecular complexity index is 455. The lowest BCUT2D eigenvalue weighted by atomic mass is 10.4. The van der Waals surface area contributed by atoms with Gasteiger partial charge in [-0.05, 0) is 19.1 Å². The Kier molecular flexibility index (Phi) is 3.93. The second kappa shape index (κ2) is 5.63. The molecule has 0 spiro atoms. The first kappa shape index (κ1) is 11.9. The number of hydrogen-bond acceptors (Lipinski definition) is 5. The molecule has 5 heteroatoms. The van der Waals surface area contributed by atoms with E-state index < -0.39 is 0 Å². The van der Waals surface area contributed by atoms with Gasteiger partial charge in [0.25, 0.3) is 0 Å². The summed E-state index contributed by atoms with van der Waals surface area (Å²) >= 11 is 1.62. The number of aromatic nitrogens is 2. The zero-order chi connectivity index (χ0) is 12.1. The van der Waals surface area contributed by atoms with Gasteiger partial charge in [0.05, 0.1) is 17.7 Å². The third-order valence-electron chi connectivity index (χ3n) is 2.37. The standard InChI is InChI=1S/C12H16N4S/c1-3-13-11-5-4-6-12(15-11)16(2)7-10-8-17-9-14-10/h4-6,8-9H,3,7H2,1-2H3,(H,13,15). The average molecular weight is 248 g/mol. The lowest BCUT2D eigenvalue weighted by Gasteiger charge is -2.17. The molecule has 0 saturated carbocycles. The van der Waals surface area contributed by atoms with Crippen molar-refractivity contribution in [1.29, 1.82) is 0 Å². The SMILES string of the molecule is CCNc1cccc(N(C)Cc2cscn2)n1. The predicted molar refractivity (Wildman–Crippen MR) is 72.6 cm³/mol. The minimum atomic E-state index is 0.784. The summed E-state index contributed by atoms with van der Waals surface area (Å²) in [4.78, 5) is 10.9. The van der Waals surface area contributed by atoms with E-state index in [0.717, 1.165) is 30.4 Å². The molecular weight excluding hydrogens is 232 g/mol. The Hall–Kier alpha value is -1.62. The van der Waals surface area contributed by atoms with Crippen LogP contribution in [0.3, 0.4) is 0 Å². The Labute approximate surface area is 105 Å². The molecule has 0 aliphatic heterocycles. The van der Waals surface area contributed by atoms with E-state index in [2.05, 4.69) is 32.5 Å². The zero-order valence-electron chi connectivity index (χ0n) is 10.1. The molecule has 1 N–H and O–H groups in total.